The van der Waals surface area contributed by atoms with Crippen LogP contribution in [0, 0.1) is 18.3 Å². The lowest BCUT2D eigenvalue weighted by Gasteiger charge is -2.29. The maximum absolute atomic E-state index is 14.5. The number of amides is 3. The van der Waals surface area contributed by atoms with Gasteiger partial charge in [0.1, 0.15) is 41.3 Å². The van der Waals surface area contributed by atoms with Gasteiger partial charge in [-0.3, -0.25) is 9.59 Å². The van der Waals surface area contributed by atoms with Crippen molar-refractivity contribution < 1.29 is 33.8 Å². The average Bonchev–Trinajstić information content (AvgIpc) is 3.58. The Morgan fingerprint density at radius 3 is 2.65 bits per heavy atom. The van der Waals surface area contributed by atoms with E-state index in [2.05, 4.69) is 21.9 Å². The number of hydrogen-bond acceptors (Lipinski definition) is 10. The molecule has 2 aromatic heterocycles. The van der Waals surface area contributed by atoms with Gasteiger partial charge in [-0.05, 0) is 77.3 Å². The molecule has 2 aliphatic carbocycles. The Hall–Kier alpha value is -5.16. The number of rotatable bonds is 8. The lowest BCUT2D eigenvalue weighted by molar-refractivity contribution is -0.145. The number of carbonyl (C=O) groups is 4. The number of pyridine rings is 1. The molecule has 55 heavy (non-hydrogen) atoms. The number of para-hydroxylation sites is 1. The highest BCUT2D eigenvalue weighted by atomic mass is 32.1. The van der Waals surface area contributed by atoms with Crippen molar-refractivity contribution >= 4 is 51.2 Å². The van der Waals surface area contributed by atoms with Crippen molar-refractivity contribution in [1.29, 1.82) is 0 Å². The van der Waals surface area contributed by atoms with Gasteiger partial charge in [-0.25, -0.2) is 19.6 Å². The summed E-state index contributed by atoms with van der Waals surface area (Å²) in [6.07, 6.45) is 15.5. The van der Waals surface area contributed by atoms with Crippen LogP contribution in [0.5, 0.6) is 5.75 Å². The molecular formula is C41H48N6O7S. The lowest BCUT2D eigenvalue weighted by Crippen LogP contribution is -2.56. The van der Waals surface area contributed by atoms with Crippen LogP contribution in [0.3, 0.4) is 0 Å². The van der Waals surface area contributed by atoms with Gasteiger partial charge in [-0.15, -0.1) is 17.8 Å². The zero-order chi connectivity index (χ0) is 38.7. The van der Waals surface area contributed by atoms with E-state index in [0.717, 1.165) is 50.1 Å². The van der Waals surface area contributed by atoms with Crippen LogP contribution < -0.4 is 20.7 Å². The molecule has 4 heterocycles. The fourth-order valence-electron chi connectivity index (χ4n) is 7.93. The van der Waals surface area contributed by atoms with Crippen LogP contribution in [-0.4, -0.2) is 86.3 Å². The van der Waals surface area contributed by atoms with Gasteiger partial charge in [-0.2, -0.15) is 0 Å². The Kier molecular flexibility index (Phi) is 11.3. The molecule has 3 aromatic rings. The summed E-state index contributed by atoms with van der Waals surface area (Å²) in [6, 6.07) is 5.45. The normalized spacial score (nSPS) is 26.5. The topological polar surface area (TPSA) is 172 Å². The predicted octanol–water partition coefficient (Wildman–Crippen LogP) is 6.03. The van der Waals surface area contributed by atoms with Gasteiger partial charge < -0.3 is 35.4 Å². The third-order valence-electron chi connectivity index (χ3n) is 10.9. The highest BCUT2D eigenvalue weighted by Gasteiger charge is 2.61. The summed E-state index contributed by atoms with van der Waals surface area (Å²) in [5, 5.41) is 22.5. The van der Waals surface area contributed by atoms with Crippen molar-refractivity contribution in [1.82, 2.24) is 25.5 Å². The number of ether oxygens (including phenoxy) is 2. The second kappa shape index (κ2) is 16.3. The number of aromatic nitrogens is 2. The Bertz CT molecular complexity index is 2020. The molecule has 7 rings (SSSR count). The van der Waals surface area contributed by atoms with E-state index in [9.17, 15) is 24.3 Å². The maximum Gasteiger partial charge on any atom is 0.408 e. The number of carbonyl (C=O) groups excluding carboxylic acids is 3. The number of benzene rings is 1. The summed E-state index contributed by atoms with van der Waals surface area (Å²) >= 11 is 1.46. The maximum atomic E-state index is 14.5. The van der Waals surface area contributed by atoms with Crippen molar-refractivity contribution in [3.05, 3.63) is 47.4 Å². The number of carboxylic acids is 1. The number of allylic oxidation sites excluding steroid dienone is 1. The molecule has 0 unspecified atom stereocenters. The van der Waals surface area contributed by atoms with Crippen LogP contribution in [0.1, 0.15) is 90.0 Å². The Labute approximate surface area is 324 Å². The Balaban J connectivity index is 1.21. The molecule has 2 saturated carbocycles. The van der Waals surface area contributed by atoms with Crippen molar-refractivity contribution in [2.45, 2.75) is 120 Å². The zero-order valence-corrected chi connectivity index (χ0v) is 32.0. The van der Waals surface area contributed by atoms with E-state index >= 15 is 0 Å². The third-order valence-corrected chi connectivity index (χ3v) is 11.7. The summed E-state index contributed by atoms with van der Waals surface area (Å²) in [7, 11) is 0. The minimum Gasteiger partial charge on any atom is -0.488 e. The Morgan fingerprint density at radius 2 is 1.89 bits per heavy atom. The number of nitrogens with zero attached hydrogens (tertiary/aromatic N) is 3. The molecule has 1 saturated heterocycles. The van der Waals surface area contributed by atoms with E-state index in [1.807, 2.05) is 43.5 Å². The largest absolute Gasteiger partial charge is 0.488 e. The fourth-order valence-corrected chi connectivity index (χ4v) is 8.78. The standard InChI is InChI=1S/C41H48N6O7S/c1-4-25-13-12-17-29-34(20-31(43-35(25)29)32-23-55-39(44-32)42-24(2)3)53-28-19-33-36(48)46-41(38(50)51)21-26(41)14-8-6-5-7-9-18-30(37(49)47(33)22-28)45-40(52)54-27-15-10-11-16-27/h1,8,12-14,17,20,23-24,26-28,30,33H,5-7,9-11,15-16,18-19,21-22H2,2-3H3,(H,42,44)(H,45,52)(H,46,48)(H,50,51)/b14-8-/t26-,28+,30+,33-,41+/m0/s1. The number of nitrogens with one attached hydrogen (secondary N) is 3. The van der Waals surface area contributed by atoms with Crippen LogP contribution in [0.25, 0.3) is 22.3 Å². The summed E-state index contributed by atoms with van der Waals surface area (Å²) < 4.78 is 12.4. The highest BCUT2D eigenvalue weighted by Crippen LogP contribution is 2.45. The summed E-state index contributed by atoms with van der Waals surface area (Å²) in [6.45, 7) is 4.08. The first-order valence-electron chi connectivity index (χ1n) is 19.3. The molecule has 0 spiro atoms. The molecule has 4 aliphatic rings. The van der Waals surface area contributed by atoms with Crippen LogP contribution in [-0.2, 0) is 19.1 Å². The quantitative estimate of drug-likeness (QED) is 0.157. The highest BCUT2D eigenvalue weighted by molar-refractivity contribution is 7.14. The second-order valence-corrected chi connectivity index (χ2v) is 16.2. The van der Waals surface area contributed by atoms with E-state index < -0.39 is 47.6 Å². The first kappa shape index (κ1) is 38.1. The monoisotopic (exact) mass is 768 g/mol. The molecule has 3 fully saturated rings. The molecule has 290 valence electrons. The Morgan fingerprint density at radius 1 is 1.09 bits per heavy atom. The number of alkyl carbamates (subject to hydrolysis) is 1. The van der Waals surface area contributed by atoms with Crippen LogP contribution >= 0.6 is 11.3 Å². The molecule has 4 N–H and O–H groups in total. The smallest absolute Gasteiger partial charge is 0.408 e. The number of terminal acetylenes is 1. The van der Waals surface area contributed by atoms with E-state index in [1.54, 1.807) is 12.1 Å². The molecule has 0 bridgehead atoms. The summed E-state index contributed by atoms with van der Waals surface area (Å²) in [5.41, 5.74) is 0.834. The number of carboxylic acid groups (broad SMARTS) is 1. The lowest BCUT2D eigenvalue weighted by atomic mass is 10.0. The predicted molar refractivity (Wildman–Crippen MR) is 209 cm³/mol. The third kappa shape index (κ3) is 8.42. The summed E-state index contributed by atoms with van der Waals surface area (Å²) in [4.78, 5) is 65.5. The van der Waals surface area contributed by atoms with Gasteiger partial charge in [0.15, 0.2) is 5.13 Å². The first-order chi connectivity index (χ1) is 26.5. The number of hydrogen-bond donors (Lipinski definition) is 4. The van der Waals surface area contributed by atoms with Crippen molar-refractivity contribution in [2.24, 2.45) is 5.92 Å². The van der Waals surface area contributed by atoms with E-state index in [-0.39, 0.29) is 37.5 Å². The minimum atomic E-state index is -1.46. The SMILES string of the molecule is C#Cc1cccc2c(O[C@@H]3C[C@H]4C(=O)N[C@]5(C(=O)O)C[C@@H]5/C=C\CCCCC[C@@H](NC(=O)OC5CCCC5)C(=O)N4C3)cc(-c3csc(NC(C)C)n3)nc12. The molecule has 3 amide bonds. The van der Waals surface area contributed by atoms with Gasteiger partial charge in [0, 0.05) is 35.2 Å². The van der Waals surface area contributed by atoms with Crippen molar-refractivity contribution in [3.8, 4) is 29.5 Å². The summed E-state index contributed by atoms with van der Waals surface area (Å²) in [5.74, 6) is 0.667. The van der Waals surface area contributed by atoms with Crippen LogP contribution in [0.4, 0.5) is 9.93 Å². The van der Waals surface area contributed by atoms with Gasteiger partial charge in [0.2, 0.25) is 11.8 Å². The minimum absolute atomic E-state index is 0.0172. The van der Waals surface area contributed by atoms with Gasteiger partial charge in [-0.1, -0.05) is 37.0 Å². The molecular weight excluding hydrogens is 721 g/mol. The number of anilines is 1. The number of fused-ring (bicyclic) bond motifs is 3. The molecule has 14 heteroatoms. The van der Waals surface area contributed by atoms with Crippen molar-refractivity contribution in [2.75, 3.05) is 11.9 Å². The number of aliphatic carboxylic acids is 1. The van der Waals surface area contributed by atoms with Gasteiger partial charge in [0.25, 0.3) is 0 Å². The first-order valence-corrected chi connectivity index (χ1v) is 20.2. The van der Waals surface area contributed by atoms with Gasteiger partial charge in [0.05, 0.1) is 23.3 Å². The van der Waals surface area contributed by atoms with Gasteiger partial charge >= 0.3 is 12.1 Å². The molecule has 1 aromatic carbocycles. The fraction of sp³-hybridized carbons (Fsp3) is 0.512. The van der Waals surface area contributed by atoms with E-state index in [0.29, 0.717) is 46.4 Å². The molecule has 0 radical (unpaired) electrons. The average molecular weight is 769 g/mol. The molecule has 2 aliphatic heterocycles. The zero-order valence-electron chi connectivity index (χ0n) is 31.2. The van der Waals surface area contributed by atoms with Crippen LogP contribution in [0.2, 0.25) is 0 Å². The number of thiazole rings is 1. The van der Waals surface area contributed by atoms with Crippen molar-refractivity contribution in [3.63, 3.8) is 0 Å². The molecule has 5 atom stereocenters. The van der Waals surface area contributed by atoms with E-state index in [1.165, 1.54) is 16.2 Å². The van der Waals surface area contributed by atoms with E-state index in [4.69, 9.17) is 25.9 Å². The molecule has 13 nitrogen and oxygen atoms in total. The van der Waals surface area contributed by atoms with Crippen LogP contribution in [0.15, 0.2) is 41.8 Å². The second-order valence-electron chi connectivity index (χ2n) is 15.3.